The molecule has 18 heavy (non-hydrogen) atoms. The Balaban J connectivity index is 2.33. The second kappa shape index (κ2) is 5.23. The predicted octanol–water partition coefficient (Wildman–Crippen LogP) is 2.24. The third-order valence-corrected chi connectivity index (χ3v) is 4.73. The number of rotatable bonds is 3. The number of nitrogens with two attached hydrogens (primary N) is 1. The van der Waals surface area contributed by atoms with Gasteiger partial charge in [-0.25, -0.2) is 13.4 Å². The molecule has 0 aliphatic heterocycles. The summed E-state index contributed by atoms with van der Waals surface area (Å²) < 4.78 is 25.4. The fraction of sp³-hybridized carbons (Fsp3) is 0.0833. The molecule has 0 fully saturated rings. The molecule has 1 aromatic carbocycles. The highest BCUT2D eigenvalue weighted by molar-refractivity contribution is 14.1. The van der Waals surface area contributed by atoms with Crippen LogP contribution in [-0.2, 0) is 15.6 Å². The lowest BCUT2D eigenvalue weighted by molar-refractivity contribution is 0.592. The SMILES string of the molecule is Nc1cccnc1S(=O)(=O)Cc1ccc(I)cc1. The number of nitrogens with zero attached hydrogens (tertiary/aromatic N) is 1. The molecule has 2 rings (SSSR count). The van der Waals surface area contributed by atoms with Crippen molar-refractivity contribution in [3.05, 3.63) is 51.7 Å². The fourth-order valence-electron chi connectivity index (χ4n) is 1.53. The Morgan fingerprint density at radius 3 is 2.44 bits per heavy atom. The summed E-state index contributed by atoms with van der Waals surface area (Å²) in [5, 5.41) is -0.0523. The molecule has 2 N–H and O–H groups in total. The summed E-state index contributed by atoms with van der Waals surface area (Å²) in [4.78, 5) is 3.85. The van der Waals surface area contributed by atoms with Gasteiger partial charge in [0, 0.05) is 9.77 Å². The summed E-state index contributed by atoms with van der Waals surface area (Å²) in [7, 11) is -3.50. The number of hydrogen-bond acceptors (Lipinski definition) is 4. The van der Waals surface area contributed by atoms with Crippen molar-refractivity contribution in [2.24, 2.45) is 0 Å². The van der Waals surface area contributed by atoms with Gasteiger partial charge in [0.1, 0.15) is 0 Å². The molecule has 0 saturated heterocycles. The van der Waals surface area contributed by atoms with E-state index in [9.17, 15) is 8.42 Å². The Morgan fingerprint density at radius 1 is 1.17 bits per heavy atom. The molecule has 4 nitrogen and oxygen atoms in total. The number of nitrogen functional groups attached to an aromatic ring is 1. The number of benzene rings is 1. The van der Waals surface area contributed by atoms with Crippen LogP contribution in [0.25, 0.3) is 0 Å². The second-order valence-electron chi connectivity index (χ2n) is 3.78. The number of sulfone groups is 1. The van der Waals surface area contributed by atoms with Crippen LogP contribution in [0, 0.1) is 3.57 Å². The van der Waals surface area contributed by atoms with Gasteiger partial charge < -0.3 is 5.73 Å². The highest BCUT2D eigenvalue weighted by Crippen LogP contribution is 2.20. The van der Waals surface area contributed by atoms with E-state index >= 15 is 0 Å². The van der Waals surface area contributed by atoms with Crippen LogP contribution in [0.1, 0.15) is 5.56 Å². The first-order valence-corrected chi connectivity index (χ1v) is 7.90. The molecule has 0 bridgehead atoms. The van der Waals surface area contributed by atoms with Crippen molar-refractivity contribution in [2.75, 3.05) is 5.73 Å². The topological polar surface area (TPSA) is 73.0 Å². The van der Waals surface area contributed by atoms with Crippen molar-refractivity contribution in [3.63, 3.8) is 0 Å². The third kappa shape index (κ3) is 2.99. The van der Waals surface area contributed by atoms with Gasteiger partial charge in [-0.3, -0.25) is 0 Å². The first-order valence-electron chi connectivity index (χ1n) is 5.17. The van der Waals surface area contributed by atoms with Gasteiger partial charge in [-0.15, -0.1) is 0 Å². The average Bonchev–Trinajstić information content (AvgIpc) is 2.32. The van der Waals surface area contributed by atoms with E-state index in [4.69, 9.17) is 5.73 Å². The minimum atomic E-state index is -3.50. The van der Waals surface area contributed by atoms with E-state index in [2.05, 4.69) is 27.6 Å². The standard InChI is InChI=1S/C12H11IN2O2S/c13-10-5-3-9(4-6-10)8-18(16,17)12-11(14)2-1-7-15-12/h1-7H,8,14H2. The van der Waals surface area contributed by atoms with E-state index in [0.717, 1.165) is 9.13 Å². The summed E-state index contributed by atoms with van der Waals surface area (Å²) in [6.07, 6.45) is 1.43. The van der Waals surface area contributed by atoms with Gasteiger partial charge in [-0.1, -0.05) is 12.1 Å². The van der Waals surface area contributed by atoms with Crippen LogP contribution in [0.15, 0.2) is 47.6 Å². The zero-order valence-electron chi connectivity index (χ0n) is 9.38. The first kappa shape index (κ1) is 13.3. The van der Waals surface area contributed by atoms with Gasteiger partial charge >= 0.3 is 0 Å². The highest BCUT2D eigenvalue weighted by atomic mass is 127. The van der Waals surface area contributed by atoms with Crippen molar-refractivity contribution in [2.45, 2.75) is 10.8 Å². The molecule has 0 amide bonds. The largest absolute Gasteiger partial charge is 0.396 e. The van der Waals surface area contributed by atoms with E-state index in [1.54, 1.807) is 18.2 Å². The maximum atomic E-state index is 12.2. The Hall–Kier alpha value is -1.15. The van der Waals surface area contributed by atoms with Gasteiger partial charge in [0.15, 0.2) is 5.03 Å². The first-order chi connectivity index (χ1) is 8.49. The molecular weight excluding hydrogens is 363 g/mol. The fourth-order valence-corrected chi connectivity index (χ4v) is 3.31. The molecular formula is C12H11IN2O2S. The molecule has 2 aromatic rings. The minimum Gasteiger partial charge on any atom is -0.396 e. The Bertz CT molecular complexity index is 654. The average molecular weight is 374 g/mol. The molecule has 0 aliphatic carbocycles. The summed E-state index contributed by atoms with van der Waals surface area (Å²) in [6.45, 7) is 0. The van der Waals surface area contributed by atoms with Crippen LogP contribution in [0.5, 0.6) is 0 Å². The van der Waals surface area contributed by atoms with Gasteiger partial charge in [0.25, 0.3) is 0 Å². The molecule has 0 spiro atoms. The van der Waals surface area contributed by atoms with Crippen LogP contribution < -0.4 is 5.73 Å². The van der Waals surface area contributed by atoms with Crippen molar-refractivity contribution < 1.29 is 8.42 Å². The van der Waals surface area contributed by atoms with E-state index in [1.807, 2.05) is 12.1 Å². The van der Waals surface area contributed by atoms with Gasteiger partial charge in [-0.2, -0.15) is 0 Å². The Kier molecular flexibility index (Phi) is 3.86. The number of pyridine rings is 1. The monoisotopic (exact) mass is 374 g/mol. The van der Waals surface area contributed by atoms with E-state index < -0.39 is 9.84 Å². The number of halogens is 1. The summed E-state index contributed by atoms with van der Waals surface area (Å²) >= 11 is 2.17. The Labute approximate surface area is 119 Å². The molecule has 0 saturated carbocycles. The number of aromatic nitrogens is 1. The molecule has 0 unspecified atom stereocenters. The summed E-state index contributed by atoms with van der Waals surface area (Å²) in [5.41, 5.74) is 6.55. The molecule has 0 atom stereocenters. The smallest absolute Gasteiger partial charge is 0.201 e. The number of hydrogen-bond donors (Lipinski definition) is 1. The third-order valence-electron chi connectivity index (χ3n) is 2.37. The lowest BCUT2D eigenvalue weighted by Crippen LogP contribution is -2.09. The van der Waals surface area contributed by atoms with Crippen LogP contribution in [0.3, 0.4) is 0 Å². The van der Waals surface area contributed by atoms with Gasteiger partial charge in [-0.05, 0) is 52.4 Å². The molecule has 6 heteroatoms. The van der Waals surface area contributed by atoms with Crippen LogP contribution in [0.4, 0.5) is 5.69 Å². The molecule has 0 radical (unpaired) electrons. The number of anilines is 1. The van der Waals surface area contributed by atoms with Gasteiger partial charge in [0.05, 0.1) is 11.4 Å². The Morgan fingerprint density at radius 2 is 1.83 bits per heavy atom. The molecule has 1 aromatic heterocycles. The van der Waals surface area contributed by atoms with Crippen molar-refractivity contribution in [3.8, 4) is 0 Å². The molecule has 0 aliphatic rings. The van der Waals surface area contributed by atoms with Gasteiger partial charge in [0.2, 0.25) is 9.84 Å². The van der Waals surface area contributed by atoms with E-state index in [0.29, 0.717) is 0 Å². The molecule has 1 heterocycles. The normalized spacial score (nSPS) is 11.4. The maximum Gasteiger partial charge on any atom is 0.201 e. The van der Waals surface area contributed by atoms with E-state index in [1.165, 1.54) is 12.3 Å². The zero-order chi connectivity index (χ0) is 13.2. The highest BCUT2D eigenvalue weighted by Gasteiger charge is 2.19. The lowest BCUT2D eigenvalue weighted by atomic mass is 10.2. The predicted molar refractivity (Wildman–Crippen MR) is 78.7 cm³/mol. The zero-order valence-corrected chi connectivity index (χ0v) is 12.3. The second-order valence-corrected chi connectivity index (χ2v) is 6.93. The summed E-state index contributed by atoms with van der Waals surface area (Å²) in [5.74, 6) is -0.0921. The maximum absolute atomic E-state index is 12.2. The van der Waals surface area contributed by atoms with Crippen LogP contribution in [-0.4, -0.2) is 13.4 Å². The van der Waals surface area contributed by atoms with Crippen LogP contribution >= 0.6 is 22.6 Å². The quantitative estimate of drug-likeness (QED) is 0.837. The van der Waals surface area contributed by atoms with E-state index in [-0.39, 0.29) is 16.5 Å². The molecule has 94 valence electrons. The van der Waals surface area contributed by atoms with Crippen molar-refractivity contribution in [1.29, 1.82) is 0 Å². The van der Waals surface area contributed by atoms with Crippen molar-refractivity contribution >= 4 is 38.1 Å². The lowest BCUT2D eigenvalue weighted by Gasteiger charge is -2.06. The van der Waals surface area contributed by atoms with Crippen LogP contribution in [0.2, 0.25) is 0 Å². The summed E-state index contributed by atoms with van der Waals surface area (Å²) in [6, 6.07) is 10.5. The minimum absolute atomic E-state index is 0.0523. The van der Waals surface area contributed by atoms with Crippen molar-refractivity contribution in [1.82, 2.24) is 4.98 Å².